The summed E-state index contributed by atoms with van der Waals surface area (Å²) >= 11 is 0. The molecule has 1 aliphatic rings. The average Bonchev–Trinajstić information content (AvgIpc) is 3.14. The van der Waals surface area contributed by atoms with Gasteiger partial charge in [-0.2, -0.15) is 8.78 Å². The number of anilines is 1. The van der Waals surface area contributed by atoms with Crippen LogP contribution in [0.15, 0.2) is 48.5 Å². The van der Waals surface area contributed by atoms with Crippen LogP contribution in [0.4, 0.5) is 14.5 Å². The maximum absolute atomic E-state index is 12.4. The van der Waals surface area contributed by atoms with E-state index < -0.39 is 31.6 Å². The van der Waals surface area contributed by atoms with Crippen LogP contribution in [-0.4, -0.2) is 44.1 Å². The number of rotatable bonds is 7. The minimum absolute atomic E-state index is 0.148. The molecule has 0 aromatic heterocycles. The number of nitrogens with zero attached hydrogens (tertiary/aromatic N) is 1. The van der Waals surface area contributed by atoms with Crippen LogP contribution in [0.5, 0.6) is 5.75 Å². The molecule has 9 heteroatoms. The first-order valence-electron chi connectivity index (χ1n) is 8.81. The molecule has 152 valence electrons. The number of hydrogen-bond donors (Lipinski definition) is 1. The van der Waals surface area contributed by atoms with Gasteiger partial charge in [-0.3, -0.25) is 14.4 Å². The lowest BCUT2D eigenvalue weighted by atomic mass is 10.2. The second kappa shape index (κ2) is 9.13. The van der Waals surface area contributed by atoms with E-state index in [1.54, 1.807) is 4.90 Å². The van der Waals surface area contributed by atoms with Crippen molar-refractivity contribution in [3.8, 4) is 5.75 Å². The van der Waals surface area contributed by atoms with Crippen LogP contribution in [-0.2, 0) is 20.7 Å². The fraction of sp³-hybridized carbons (Fsp3) is 0.250. The molecule has 29 heavy (non-hydrogen) atoms. The highest BCUT2D eigenvalue weighted by Crippen LogP contribution is 2.27. The lowest BCUT2D eigenvalue weighted by Crippen LogP contribution is -2.36. The molecule has 0 saturated carbocycles. The van der Waals surface area contributed by atoms with Crippen molar-refractivity contribution in [3.05, 3.63) is 59.7 Å². The number of esters is 1. The molecule has 0 spiro atoms. The van der Waals surface area contributed by atoms with E-state index in [0.29, 0.717) is 6.54 Å². The third-order valence-corrected chi connectivity index (χ3v) is 4.29. The zero-order valence-corrected chi connectivity index (χ0v) is 15.3. The van der Waals surface area contributed by atoms with Crippen molar-refractivity contribution in [2.45, 2.75) is 13.0 Å². The molecule has 0 bridgehead atoms. The first-order chi connectivity index (χ1) is 14.0. The molecule has 0 radical (unpaired) electrons. The van der Waals surface area contributed by atoms with E-state index in [1.165, 1.54) is 24.3 Å². The largest absolute Gasteiger partial charge is 0.454 e. The second-order valence-corrected chi connectivity index (χ2v) is 6.14. The highest BCUT2D eigenvalue weighted by molar-refractivity contribution is 5.99. The Balaban J connectivity index is 1.48. The molecule has 0 aliphatic carbocycles. The standard InChI is InChI=1S/C20H18F2N2O5/c21-20(22)29-16-8-4-2-6-14(16)19(27)23-11-18(26)28-12-17(25)24-10-9-13-5-1-3-7-15(13)24/h1-8,20H,9-12H2,(H,23,27). The van der Waals surface area contributed by atoms with Crippen LogP contribution in [0, 0.1) is 0 Å². The second-order valence-electron chi connectivity index (χ2n) is 6.14. The summed E-state index contributed by atoms with van der Waals surface area (Å²) in [6.07, 6.45) is 0.728. The fourth-order valence-electron chi connectivity index (χ4n) is 2.97. The molecule has 2 aromatic carbocycles. The number of benzene rings is 2. The van der Waals surface area contributed by atoms with Crippen molar-refractivity contribution in [1.29, 1.82) is 0 Å². The maximum Gasteiger partial charge on any atom is 0.387 e. The monoisotopic (exact) mass is 404 g/mol. The molecule has 0 unspecified atom stereocenters. The van der Waals surface area contributed by atoms with Crippen molar-refractivity contribution in [3.63, 3.8) is 0 Å². The predicted octanol–water partition coefficient (Wildman–Crippen LogP) is 2.15. The Hall–Kier alpha value is -3.49. The van der Waals surface area contributed by atoms with Gasteiger partial charge in [-0.15, -0.1) is 0 Å². The zero-order chi connectivity index (χ0) is 20.8. The number of carbonyl (C=O) groups is 3. The molecule has 2 amide bonds. The van der Waals surface area contributed by atoms with E-state index in [0.717, 1.165) is 17.7 Å². The number of fused-ring (bicyclic) bond motifs is 1. The maximum atomic E-state index is 12.4. The Bertz CT molecular complexity index is 919. The van der Waals surface area contributed by atoms with E-state index >= 15 is 0 Å². The van der Waals surface area contributed by atoms with Crippen LogP contribution in [0.25, 0.3) is 0 Å². The number of halogens is 2. The molecule has 0 atom stereocenters. The topological polar surface area (TPSA) is 84.9 Å². The Morgan fingerprint density at radius 2 is 1.79 bits per heavy atom. The summed E-state index contributed by atoms with van der Waals surface area (Å²) in [7, 11) is 0. The predicted molar refractivity (Wildman–Crippen MR) is 98.9 cm³/mol. The van der Waals surface area contributed by atoms with Gasteiger partial charge < -0.3 is 19.7 Å². The SMILES string of the molecule is O=C(CNC(=O)c1ccccc1OC(F)F)OCC(=O)N1CCc2ccccc21. The fourth-order valence-corrected chi connectivity index (χ4v) is 2.97. The lowest BCUT2D eigenvalue weighted by Gasteiger charge is -2.17. The van der Waals surface area contributed by atoms with E-state index in [2.05, 4.69) is 10.1 Å². The molecule has 0 fully saturated rings. The van der Waals surface area contributed by atoms with Crippen molar-refractivity contribution < 1.29 is 32.6 Å². The van der Waals surface area contributed by atoms with Gasteiger partial charge in [-0.25, -0.2) is 0 Å². The Labute approximate surface area is 165 Å². The third-order valence-electron chi connectivity index (χ3n) is 4.29. The van der Waals surface area contributed by atoms with Crippen molar-refractivity contribution in [2.24, 2.45) is 0 Å². The van der Waals surface area contributed by atoms with Crippen LogP contribution in [0.1, 0.15) is 15.9 Å². The van der Waals surface area contributed by atoms with Gasteiger partial charge in [-0.05, 0) is 30.2 Å². The molecular weight excluding hydrogens is 386 g/mol. The summed E-state index contributed by atoms with van der Waals surface area (Å²) in [5.74, 6) is -2.29. The number of ether oxygens (including phenoxy) is 2. The van der Waals surface area contributed by atoms with Gasteiger partial charge in [0.2, 0.25) is 0 Å². The lowest BCUT2D eigenvalue weighted by molar-refractivity contribution is -0.146. The van der Waals surface area contributed by atoms with Gasteiger partial charge in [0.05, 0.1) is 5.56 Å². The molecule has 1 N–H and O–H groups in total. The highest BCUT2D eigenvalue weighted by atomic mass is 19.3. The van der Waals surface area contributed by atoms with Gasteiger partial charge in [-0.1, -0.05) is 30.3 Å². The number of amides is 2. The van der Waals surface area contributed by atoms with Gasteiger partial charge in [0.15, 0.2) is 6.61 Å². The summed E-state index contributed by atoms with van der Waals surface area (Å²) in [6.45, 7) is -3.57. The molecule has 2 aromatic rings. The van der Waals surface area contributed by atoms with Crippen LogP contribution < -0.4 is 15.0 Å². The van der Waals surface area contributed by atoms with Crippen molar-refractivity contribution >= 4 is 23.5 Å². The third kappa shape index (κ3) is 5.07. The van der Waals surface area contributed by atoms with E-state index in [4.69, 9.17) is 4.74 Å². The van der Waals surface area contributed by atoms with Gasteiger partial charge in [0.1, 0.15) is 12.3 Å². The normalized spacial score (nSPS) is 12.4. The van der Waals surface area contributed by atoms with E-state index in [9.17, 15) is 23.2 Å². The molecule has 1 heterocycles. The number of para-hydroxylation sites is 2. The summed E-state index contributed by atoms with van der Waals surface area (Å²) in [4.78, 5) is 37.8. The first-order valence-corrected chi connectivity index (χ1v) is 8.81. The van der Waals surface area contributed by atoms with Crippen LogP contribution in [0.2, 0.25) is 0 Å². The summed E-state index contributed by atoms with van der Waals surface area (Å²) in [5.41, 5.74) is 1.69. The van der Waals surface area contributed by atoms with E-state index in [1.807, 2.05) is 24.3 Å². The first kappa shape index (κ1) is 20.2. The van der Waals surface area contributed by atoms with Gasteiger partial charge in [0.25, 0.3) is 11.8 Å². The number of nitrogens with one attached hydrogen (secondary N) is 1. The Kier molecular flexibility index (Phi) is 6.38. The summed E-state index contributed by atoms with van der Waals surface area (Å²) in [6, 6.07) is 12.9. The molecule has 0 saturated heterocycles. The van der Waals surface area contributed by atoms with Crippen LogP contribution >= 0.6 is 0 Å². The quantitative estimate of drug-likeness (QED) is 0.715. The minimum Gasteiger partial charge on any atom is -0.454 e. The smallest absolute Gasteiger partial charge is 0.387 e. The molecule has 3 rings (SSSR count). The molecule has 7 nitrogen and oxygen atoms in total. The van der Waals surface area contributed by atoms with Gasteiger partial charge >= 0.3 is 12.6 Å². The highest BCUT2D eigenvalue weighted by Gasteiger charge is 2.25. The Morgan fingerprint density at radius 3 is 2.59 bits per heavy atom. The Morgan fingerprint density at radius 1 is 1.07 bits per heavy atom. The van der Waals surface area contributed by atoms with E-state index in [-0.39, 0.29) is 17.2 Å². The summed E-state index contributed by atoms with van der Waals surface area (Å²) < 4.78 is 34.0. The number of hydrogen-bond acceptors (Lipinski definition) is 5. The molecular formula is C20H18F2N2O5. The average molecular weight is 404 g/mol. The number of alkyl halides is 2. The minimum atomic E-state index is -3.09. The number of carbonyl (C=O) groups excluding carboxylic acids is 3. The van der Waals surface area contributed by atoms with Gasteiger partial charge in [0, 0.05) is 12.2 Å². The summed E-state index contributed by atoms with van der Waals surface area (Å²) in [5, 5.41) is 2.26. The van der Waals surface area contributed by atoms with Crippen molar-refractivity contribution in [1.82, 2.24) is 5.32 Å². The molecule has 1 aliphatic heterocycles. The zero-order valence-electron chi connectivity index (χ0n) is 15.3. The van der Waals surface area contributed by atoms with Crippen LogP contribution in [0.3, 0.4) is 0 Å². The van der Waals surface area contributed by atoms with Crippen molar-refractivity contribution in [2.75, 3.05) is 24.6 Å².